The van der Waals surface area contributed by atoms with Crippen LogP contribution in [0.2, 0.25) is 0 Å². The van der Waals surface area contributed by atoms with Gasteiger partial charge in [-0.05, 0) is 31.4 Å². The van der Waals surface area contributed by atoms with Gasteiger partial charge in [0.05, 0.1) is 12.2 Å². The van der Waals surface area contributed by atoms with E-state index in [0.717, 1.165) is 11.3 Å². The molecule has 0 radical (unpaired) electrons. The van der Waals surface area contributed by atoms with Crippen molar-refractivity contribution in [3.8, 4) is 5.69 Å². The summed E-state index contributed by atoms with van der Waals surface area (Å²) in [7, 11) is 0. The molecule has 28 heavy (non-hydrogen) atoms. The molecule has 2 N–H and O–H groups in total. The van der Waals surface area contributed by atoms with Gasteiger partial charge in [0.2, 0.25) is 0 Å². The quantitative estimate of drug-likeness (QED) is 0.668. The Labute approximate surface area is 156 Å². The lowest BCUT2D eigenvalue weighted by Gasteiger charge is -2.24. The van der Waals surface area contributed by atoms with Crippen LogP contribution in [0.1, 0.15) is 46.3 Å². The first kappa shape index (κ1) is 18.2. The Hall–Kier alpha value is -3.17. The maximum Gasteiger partial charge on any atom is 0.432 e. The summed E-state index contributed by atoms with van der Waals surface area (Å²) in [5, 5.41) is 12.2. The van der Waals surface area contributed by atoms with Crippen LogP contribution >= 0.6 is 0 Å². The Balaban J connectivity index is 1.58. The zero-order valence-corrected chi connectivity index (χ0v) is 14.4. The van der Waals surface area contributed by atoms with E-state index in [1.54, 1.807) is 24.4 Å². The SMILES string of the molecule is O=C(N[C@H]1CCCc2c1cnn2-c1ccccc1F)c1cc(C(F)(F)F)[nH]n1. The monoisotopic (exact) mass is 393 g/mol. The molecule has 0 spiro atoms. The number of nitrogens with zero attached hydrogens (tertiary/aromatic N) is 3. The van der Waals surface area contributed by atoms with Crippen molar-refractivity contribution in [2.24, 2.45) is 0 Å². The summed E-state index contributed by atoms with van der Waals surface area (Å²) in [6.45, 7) is 0. The van der Waals surface area contributed by atoms with Gasteiger partial charge in [0, 0.05) is 17.3 Å². The third-order valence-electron chi connectivity index (χ3n) is 4.68. The van der Waals surface area contributed by atoms with Crippen molar-refractivity contribution in [3.63, 3.8) is 0 Å². The highest BCUT2D eigenvalue weighted by atomic mass is 19.4. The Bertz CT molecular complexity index is 1020. The normalized spacial score (nSPS) is 16.6. The molecule has 1 amide bonds. The molecule has 2 heterocycles. The number of hydrogen-bond acceptors (Lipinski definition) is 3. The molecule has 1 aromatic carbocycles. The molecule has 1 aliphatic carbocycles. The minimum Gasteiger partial charge on any atom is -0.344 e. The standard InChI is InChI=1S/C18H15F4N5O/c19-11-4-1-2-6-15(11)27-14-7-3-5-12(10(14)9-23-27)24-17(28)13-8-16(26-25-13)18(20,21)22/h1-2,4,6,8-9,12H,3,5,7H2,(H,24,28)(H,25,26)/t12-/m0/s1. The number of fused-ring (bicyclic) bond motifs is 1. The van der Waals surface area contributed by atoms with Crippen LogP contribution in [-0.4, -0.2) is 25.9 Å². The molecule has 0 bridgehead atoms. The number of carbonyl (C=O) groups excluding carboxylic acids is 1. The first-order valence-corrected chi connectivity index (χ1v) is 8.60. The second kappa shape index (κ2) is 6.77. The molecule has 4 rings (SSSR count). The Morgan fingerprint density at radius 1 is 1.29 bits per heavy atom. The van der Waals surface area contributed by atoms with E-state index in [1.165, 1.54) is 10.7 Å². The molecule has 2 aromatic heterocycles. The number of hydrogen-bond donors (Lipinski definition) is 2. The van der Waals surface area contributed by atoms with Crippen molar-refractivity contribution in [2.75, 3.05) is 0 Å². The molecule has 10 heteroatoms. The number of nitrogens with one attached hydrogen (secondary N) is 2. The molecule has 3 aromatic rings. The molecule has 0 saturated carbocycles. The van der Waals surface area contributed by atoms with E-state index in [4.69, 9.17) is 0 Å². The number of aromatic amines is 1. The van der Waals surface area contributed by atoms with Gasteiger partial charge in [-0.25, -0.2) is 9.07 Å². The van der Waals surface area contributed by atoms with E-state index < -0.39 is 29.6 Å². The van der Waals surface area contributed by atoms with Crippen LogP contribution in [0.3, 0.4) is 0 Å². The van der Waals surface area contributed by atoms with Crippen LogP contribution in [0.5, 0.6) is 0 Å². The number of H-pyrrole nitrogens is 1. The minimum atomic E-state index is -4.61. The highest BCUT2D eigenvalue weighted by molar-refractivity contribution is 5.92. The van der Waals surface area contributed by atoms with Crippen LogP contribution in [0, 0.1) is 5.82 Å². The van der Waals surface area contributed by atoms with Gasteiger partial charge in [-0.2, -0.15) is 23.4 Å². The highest BCUT2D eigenvalue weighted by Crippen LogP contribution is 2.32. The van der Waals surface area contributed by atoms with E-state index in [-0.39, 0.29) is 5.69 Å². The van der Waals surface area contributed by atoms with Crippen LogP contribution in [0.4, 0.5) is 17.6 Å². The van der Waals surface area contributed by atoms with E-state index in [9.17, 15) is 22.4 Å². The van der Waals surface area contributed by atoms with Crippen LogP contribution in [-0.2, 0) is 12.6 Å². The highest BCUT2D eigenvalue weighted by Gasteiger charge is 2.34. The van der Waals surface area contributed by atoms with Crippen molar-refractivity contribution >= 4 is 5.91 Å². The number of halogens is 4. The molecule has 146 valence electrons. The summed E-state index contributed by atoms with van der Waals surface area (Å²) in [6, 6.07) is 6.44. The fourth-order valence-electron chi connectivity index (χ4n) is 3.35. The molecular formula is C18H15F4N5O. The van der Waals surface area contributed by atoms with Crippen LogP contribution < -0.4 is 5.32 Å². The van der Waals surface area contributed by atoms with E-state index in [2.05, 4.69) is 15.5 Å². The number of carbonyl (C=O) groups is 1. The summed E-state index contributed by atoms with van der Waals surface area (Å²) in [4.78, 5) is 12.3. The zero-order valence-electron chi connectivity index (χ0n) is 14.4. The third kappa shape index (κ3) is 3.25. The Kier molecular flexibility index (Phi) is 4.40. The fourth-order valence-corrected chi connectivity index (χ4v) is 3.35. The maximum absolute atomic E-state index is 14.1. The van der Waals surface area contributed by atoms with Gasteiger partial charge in [-0.1, -0.05) is 12.1 Å². The van der Waals surface area contributed by atoms with Gasteiger partial charge in [-0.3, -0.25) is 9.89 Å². The molecule has 0 saturated heterocycles. The Morgan fingerprint density at radius 2 is 2.07 bits per heavy atom. The average molecular weight is 393 g/mol. The van der Waals surface area contributed by atoms with Gasteiger partial charge >= 0.3 is 6.18 Å². The van der Waals surface area contributed by atoms with Gasteiger partial charge in [0.25, 0.3) is 5.91 Å². The van der Waals surface area contributed by atoms with Crippen molar-refractivity contribution in [1.82, 2.24) is 25.3 Å². The molecule has 6 nitrogen and oxygen atoms in total. The molecule has 0 aliphatic heterocycles. The van der Waals surface area contributed by atoms with Crippen LogP contribution in [0.25, 0.3) is 5.69 Å². The molecule has 1 aliphatic rings. The number of aromatic nitrogens is 4. The lowest BCUT2D eigenvalue weighted by molar-refractivity contribution is -0.141. The lowest BCUT2D eigenvalue weighted by Crippen LogP contribution is -2.31. The van der Waals surface area contributed by atoms with Gasteiger partial charge in [0.1, 0.15) is 17.2 Å². The number of alkyl halides is 3. The van der Waals surface area contributed by atoms with Crippen molar-refractivity contribution < 1.29 is 22.4 Å². The first-order valence-electron chi connectivity index (χ1n) is 8.60. The topological polar surface area (TPSA) is 75.6 Å². The predicted octanol–water partition coefficient (Wildman–Crippen LogP) is 3.56. The molecule has 0 fully saturated rings. The third-order valence-corrected chi connectivity index (χ3v) is 4.68. The van der Waals surface area contributed by atoms with Gasteiger partial charge < -0.3 is 5.32 Å². The summed E-state index contributed by atoms with van der Waals surface area (Å²) in [5.41, 5.74) is 0.349. The number of benzene rings is 1. The zero-order chi connectivity index (χ0) is 19.9. The summed E-state index contributed by atoms with van der Waals surface area (Å²) in [6.07, 6.45) is -1.09. The van der Waals surface area contributed by atoms with E-state index >= 15 is 0 Å². The molecule has 1 atom stereocenters. The van der Waals surface area contributed by atoms with Gasteiger partial charge in [-0.15, -0.1) is 0 Å². The van der Waals surface area contributed by atoms with Crippen LogP contribution in [0.15, 0.2) is 36.5 Å². The molecular weight excluding hydrogens is 378 g/mol. The smallest absolute Gasteiger partial charge is 0.344 e. The largest absolute Gasteiger partial charge is 0.432 e. The predicted molar refractivity (Wildman–Crippen MR) is 90.3 cm³/mol. The maximum atomic E-state index is 14.1. The lowest BCUT2D eigenvalue weighted by atomic mass is 9.92. The summed E-state index contributed by atoms with van der Waals surface area (Å²) < 4.78 is 53.6. The van der Waals surface area contributed by atoms with Crippen molar-refractivity contribution in [1.29, 1.82) is 0 Å². The van der Waals surface area contributed by atoms with Crippen molar-refractivity contribution in [2.45, 2.75) is 31.5 Å². The average Bonchev–Trinajstić information content (AvgIpc) is 3.30. The Morgan fingerprint density at radius 3 is 2.79 bits per heavy atom. The first-order chi connectivity index (χ1) is 13.3. The van der Waals surface area contributed by atoms with E-state index in [1.807, 2.05) is 5.10 Å². The number of rotatable bonds is 3. The second-order valence-corrected chi connectivity index (χ2v) is 6.49. The van der Waals surface area contributed by atoms with Crippen molar-refractivity contribution in [3.05, 3.63) is 65.0 Å². The minimum absolute atomic E-state index is 0.304. The summed E-state index contributed by atoms with van der Waals surface area (Å²) >= 11 is 0. The molecule has 0 unspecified atom stereocenters. The number of para-hydroxylation sites is 1. The second-order valence-electron chi connectivity index (χ2n) is 6.49. The number of amides is 1. The summed E-state index contributed by atoms with van der Waals surface area (Å²) in [5.74, 6) is -1.14. The fraction of sp³-hybridized carbons (Fsp3) is 0.278. The van der Waals surface area contributed by atoms with E-state index in [0.29, 0.717) is 31.0 Å². The van der Waals surface area contributed by atoms with Gasteiger partial charge in [0.15, 0.2) is 5.69 Å².